The number of rotatable bonds is 4. The number of likely N-dealkylation sites (tertiary alicyclic amines) is 2. The number of nitrogens with zero attached hydrogens (tertiary/aromatic N) is 4. The van der Waals surface area contributed by atoms with E-state index in [2.05, 4.69) is 9.88 Å². The molecule has 1 aromatic rings. The van der Waals surface area contributed by atoms with Crippen LogP contribution in [0.25, 0.3) is 0 Å². The van der Waals surface area contributed by atoms with Gasteiger partial charge in [-0.3, -0.25) is 4.98 Å². The molecule has 8 nitrogen and oxygen atoms in total. The Morgan fingerprint density at radius 3 is 2.69 bits per heavy atom. The first-order valence-corrected chi connectivity index (χ1v) is 8.79. The third-order valence-electron chi connectivity index (χ3n) is 5.63. The lowest BCUT2D eigenvalue weighted by Gasteiger charge is -2.39. The van der Waals surface area contributed by atoms with E-state index in [4.69, 9.17) is 15.1 Å². The maximum absolute atomic E-state index is 11.1. The Kier molecular flexibility index (Phi) is 5.30. The number of carboxylic acid groups (broad SMARTS) is 1. The summed E-state index contributed by atoms with van der Waals surface area (Å²) in [6.07, 6.45) is 2.62. The van der Waals surface area contributed by atoms with Crippen LogP contribution in [0.3, 0.4) is 0 Å². The van der Waals surface area contributed by atoms with E-state index in [1.165, 1.54) is 18.2 Å². The number of methoxy groups -OCH3 is 1. The number of piperidine rings is 1. The second-order valence-corrected chi connectivity index (χ2v) is 7.19. The van der Waals surface area contributed by atoms with Gasteiger partial charge in [-0.05, 0) is 37.8 Å². The molecule has 1 amide bonds. The zero-order valence-electron chi connectivity index (χ0n) is 14.9. The summed E-state index contributed by atoms with van der Waals surface area (Å²) >= 11 is 0. The van der Waals surface area contributed by atoms with Gasteiger partial charge >= 0.3 is 6.09 Å². The van der Waals surface area contributed by atoms with Gasteiger partial charge in [-0.2, -0.15) is 5.26 Å². The van der Waals surface area contributed by atoms with Gasteiger partial charge in [0.1, 0.15) is 23.5 Å². The lowest BCUT2D eigenvalue weighted by molar-refractivity contribution is 0.0582. The molecule has 2 aliphatic rings. The van der Waals surface area contributed by atoms with Gasteiger partial charge in [-0.15, -0.1) is 0 Å². The number of β-amino-alcohol motifs (C(OH)–C–C–N with tert-alkyl or cyclic N) is 1. The van der Waals surface area contributed by atoms with E-state index in [1.807, 2.05) is 6.07 Å². The topological polar surface area (TPSA) is 110 Å². The van der Waals surface area contributed by atoms with Crippen molar-refractivity contribution >= 4 is 6.09 Å². The van der Waals surface area contributed by atoms with E-state index >= 15 is 0 Å². The minimum absolute atomic E-state index is 0.0930. The first-order valence-electron chi connectivity index (χ1n) is 8.79. The van der Waals surface area contributed by atoms with Gasteiger partial charge < -0.3 is 24.7 Å². The summed E-state index contributed by atoms with van der Waals surface area (Å²) in [5.74, 6) is 0.411. The molecule has 8 heteroatoms. The molecule has 0 bridgehead atoms. The van der Waals surface area contributed by atoms with Crippen LogP contribution in [0.2, 0.25) is 0 Å². The second kappa shape index (κ2) is 7.48. The number of hydrogen-bond acceptors (Lipinski definition) is 6. The van der Waals surface area contributed by atoms with Crippen LogP contribution >= 0.6 is 0 Å². The number of pyridine rings is 1. The molecular weight excluding hydrogens is 336 g/mol. The Balaban J connectivity index is 1.56. The Labute approximate surface area is 152 Å². The van der Waals surface area contributed by atoms with Crippen LogP contribution in [0.5, 0.6) is 5.75 Å². The second-order valence-electron chi connectivity index (χ2n) is 7.19. The molecule has 2 N–H and O–H groups in total. The Hall–Kier alpha value is -2.37. The zero-order chi connectivity index (χ0) is 18.7. The van der Waals surface area contributed by atoms with E-state index in [9.17, 15) is 9.90 Å². The van der Waals surface area contributed by atoms with Crippen molar-refractivity contribution in [3.05, 3.63) is 23.5 Å². The molecule has 2 saturated heterocycles. The van der Waals surface area contributed by atoms with Crippen molar-refractivity contribution in [3.63, 3.8) is 0 Å². The van der Waals surface area contributed by atoms with E-state index in [0.717, 1.165) is 32.4 Å². The van der Waals surface area contributed by atoms with Gasteiger partial charge in [-0.1, -0.05) is 0 Å². The standard InChI is InChI=1S/C18H24N4O4/c1-26-16-8-14(20-10-13(16)9-19)15(23)11-21-5-2-18(3-6-21)4-7-22(12-18)17(24)25/h8,10,15,23H,2-7,11-12H2,1H3,(H,24,25). The molecule has 26 heavy (non-hydrogen) atoms. The minimum Gasteiger partial charge on any atom is -0.495 e. The number of aliphatic hydroxyl groups excluding tert-OH is 1. The number of amides is 1. The van der Waals surface area contributed by atoms with E-state index in [1.54, 1.807) is 6.07 Å². The number of aromatic nitrogens is 1. The van der Waals surface area contributed by atoms with Crippen LogP contribution in [0.1, 0.15) is 36.6 Å². The van der Waals surface area contributed by atoms with Crippen molar-refractivity contribution < 1.29 is 19.7 Å². The highest BCUT2D eigenvalue weighted by Gasteiger charge is 2.42. The molecule has 0 saturated carbocycles. The normalized spacial score (nSPS) is 20.7. The van der Waals surface area contributed by atoms with E-state index in [0.29, 0.717) is 36.6 Å². The summed E-state index contributed by atoms with van der Waals surface area (Å²) in [5.41, 5.74) is 0.919. The Bertz CT molecular complexity index is 710. The third kappa shape index (κ3) is 3.74. The first-order chi connectivity index (χ1) is 12.5. The van der Waals surface area contributed by atoms with Crippen LogP contribution in [-0.4, -0.2) is 70.9 Å². The molecule has 2 aliphatic heterocycles. The van der Waals surface area contributed by atoms with Gasteiger partial charge in [0.05, 0.1) is 12.8 Å². The molecule has 1 atom stereocenters. The SMILES string of the molecule is COc1cc(C(O)CN2CCC3(CC2)CCN(C(=O)O)C3)ncc1C#N. The van der Waals surface area contributed by atoms with Crippen LogP contribution in [0.15, 0.2) is 12.3 Å². The smallest absolute Gasteiger partial charge is 0.407 e. The average molecular weight is 360 g/mol. The predicted molar refractivity (Wildman–Crippen MR) is 92.8 cm³/mol. The highest BCUT2D eigenvalue weighted by molar-refractivity contribution is 5.65. The summed E-state index contributed by atoms with van der Waals surface area (Å²) in [7, 11) is 1.48. The lowest BCUT2D eigenvalue weighted by Crippen LogP contribution is -2.43. The largest absolute Gasteiger partial charge is 0.495 e. The van der Waals surface area contributed by atoms with Gasteiger partial charge in [0.25, 0.3) is 0 Å². The van der Waals surface area contributed by atoms with Crippen molar-refractivity contribution in [1.29, 1.82) is 5.26 Å². The summed E-state index contributed by atoms with van der Waals surface area (Å²) < 4.78 is 5.17. The quantitative estimate of drug-likeness (QED) is 0.836. The van der Waals surface area contributed by atoms with Gasteiger partial charge in [0.2, 0.25) is 0 Å². The van der Waals surface area contributed by atoms with Crippen LogP contribution < -0.4 is 4.74 Å². The Morgan fingerprint density at radius 1 is 1.42 bits per heavy atom. The number of ether oxygens (including phenoxy) is 1. The predicted octanol–water partition coefficient (Wildman–Crippen LogP) is 1.46. The summed E-state index contributed by atoms with van der Waals surface area (Å²) in [6, 6.07) is 3.62. The molecule has 0 aliphatic carbocycles. The van der Waals surface area contributed by atoms with Crippen molar-refractivity contribution in [2.24, 2.45) is 5.41 Å². The molecule has 1 aromatic heterocycles. The minimum atomic E-state index is -0.833. The molecular formula is C18H24N4O4. The fourth-order valence-corrected chi connectivity index (χ4v) is 3.94. The number of hydrogen-bond donors (Lipinski definition) is 2. The Morgan fingerprint density at radius 2 is 2.12 bits per heavy atom. The molecule has 3 rings (SSSR count). The van der Waals surface area contributed by atoms with Crippen molar-refractivity contribution in [3.8, 4) is 11.8 Å². The summed E-state index contributed by atoms with van der Waals surface area (Å²) in [6.45, 7) is 3.36. The average Bonchev–Trinajstić information content (AvgIpc) is 3.07. The lowest BCUT2D eigenvalue weighted by atomic mass is 9.77. The third-order valence-corrected chi connectivity index (χ3v) is 5.63. The van der Waals surface area contributed by atoms with E-state index < -0.39 is 12.2 Å². The highest BCUT2D eigenvalue weighted by atomic mass is 16.5. The first kappa shape index (κ1) is 18.4. The highest BCUT2D eigenvalue weighted by Crippen LogP contribution is 2.40. The number of carbonyl (C=O) groups is 1. The molecule has 0 aromatic carbocycles. The van der Waals surface area contributed by atoms with Gasteiger partial charge in [0.15, 0.2) is 0 Å². The van der Waals surface area contributed by atoms with Crippen molar-refractivity contribution in [1.82, 2.24) is 14.8 Å². The summed E-state index contributed by atoms with van der Waals surface area (Å²) in [5, 5.41) is 28.7. The molecule has 3 heterocycles. The fraction of sp³-hybridized carbons (Fsp3) is 0.611. The van der Waals surface area contributed by atoms with Gasteiger partial charge in [0, 0.05) is 31.9 Å². The van der Waals surface area contributed by atoms with Crippen molar-refractivity contribution in [2.75, 3.05) is 39.8 Å². The zero-order valence-corrected chi connectivity index (χ0v) is 14.9. The number of nitriles is 1. The van der Waals surface area contributed by atoms with Crippen molar-refractivity contribution in [2.45, 2.75) is 25.4 Å². The monoisotopic (exact) mass is 360 g/mol. The maximum Gasteiger partial charge on any atom is 0.407 e. The molecule has 140 valence electrons. The molecule has 1 spiro atoms. The molecule has 2 fully saturated rings. The number of aliphatic hydroxyl groups is 1. The summed E-state index contributed by atoms with van der Waals surface area (Å²) in [4.78, 5) is 19.0. The maximum atomic E-state index is 11.1. The van der Waals surface area contributed by atoms with Gasteiger partial charge in [-0.25, -0.2) is 4.79 Å². The van der Waals surface area contributed by atoms with E-state index in [-0.39, 0.29) is 5.41 Å². The molecule has 0 radical (unpaired) electrons. The van der Waals surface area contributed by atoms with Crippen LogP contribution in [0.4, 0.5) is 4.79 Å². The fourth-order valence-electron chi connectivity index (χ4n) is 3.94. The van der Waals surface area contributed by atoms with Crippen LogP contribution in [-0.2, 0) is 0 Å². The molecule has 1 unspecified atom stereocenters. The van der Waals surface area contributed by atoms with Crippen LogP contribution in [0, 0.1) is 16.7 Å².